The molecule has 0 atom stereocenters. The molecule has 2 heterocycles. The molecule has 0 saturated heterocycles. The van der Waals surface area contributed by atoms with Gasteiger partial charge in [0.1, 0.15) is 5.15 Å². The van der Waals surface area contributed by atoms with Crippen molar-refractivity contribution in [3.63, 3.8) is 0 Å². The van der Waals surface area contributed by atoms with Gasteiger partial charge in [-0.1, -0.05) is 41.9 Å². The van der Waals surface area contributed by atoms with E-state index in [4.69, 9.17) is 11.6 Å². The van der Waals surface area contributed by atoms with Crippen molar-refractivity contribution < 1.29 is 4.79 Å². The minimum Gasteiger partial charge on any atom is -0.305 e. The van der Waals surface area contributed by atoms with Gasteiger partial charge in [0, 0.05) is 19.3 Å². The fourth-order valence-electron chi connectivity index (χ4n) is 2.33. The molecule has 0 fully saturated rings. The Labute approximate surface area is 138 Å². The van der Waals surface area contributed by atoms with Gasteiger partial charge in [-0.2, -0.15) is 10.2 Å². The smallest absolute Gasteiger partial charge is 0.261 e. The first kappa shape index (κ1) is 15.3. The van der Waals surface area contributed by atoms with Crippen LogP contribution in [0.1, 0.15) is 21.6 Å². The molecule has 3 aromatic rings. The summed E-state index contributed by atoms with van der Waals surface area (Å²) in [6, 6.07) is 11.5. The van der Waals surface area contributed by atoms with Crippen molar-refractivity contribution in [1.29, 1.82) is 0 Å². The second-order valence-corrected chi connectivity index (χ2v) is 5.58. The number of hydrogen-bond acceptors (Lipinski definition) is 3. The van der Waals surface area contributed by atoms with Gasteiger partial charge in [0.2, 0.25) is 0 Å². The Morgan fingerprint density at radius 3 is 2.61 bits per heavy atom. The van der Waals surface area contributed by atoms with Crippen LogP contribution in [0.4, 0.5) is 5.82 Å². The number of amides is 1. The number of benzene rings is 1. The van der Waals surface area contributed by atoms with E-state index in [9.17, 15) is 4.79 Å². The van der Waals surface area contributed by atoms with Crippen LogP contribution in [-0.4, -0.2) is 25.5 Å². The summed E-state index contributed by atoms with van der Waals surface area (Å²) in [7, 11) is 1.78. The zero-order valence-electron chi connectivity index (χ0n) is 12.8. The van der Waals surface area contributed by atoms with E-state index in [1.165, 1.54) is 0 Å². The number of aromatic nitrogens is 4. The lowest BCUT2D eigenvalue weighted by molar-refractivity contribution is 0.102. The van der Waals surface area contributed by atoms with Gasteiger partial charge in [0.15, 0.2) is 5.82 Å². The molecule has 0 spiro atoms. The molecule has 23 heavy (non-hydrogen) atoms. The lowest BCUT2D eigenvalue weighted by Crippen LogP contribution is -2.14. The van der Waals surface area contributed by atoms with Crippen LogP contribution in [0.2, 0.25) is 5.15 Å². The highest BCUT2D eigenvalue weighted by Gasteiger charge is 2.21. The molecular formula is C16H16ClN5O. The highest BCUT2D eigenvalue weighted by Crippen LogP contribution is 2.22. The Morgan fingerprint density at radius 1 is 1.22 bits per heavy atom. The molecule has 0 radical (unpaired) electrons. The van der Waals surface area contributed by atoms with Gasteiger partial charge in [-0.3, -0.25) is 9.48 Å². The molecule has 3 rings (SSSR count). The van der Waals surface area contributed by atoms with Gasteiger partial charge in [-0.15, -0.1) is 0 Å². The van der Waals surface area contributed by atoms with Crippen LogP contribution in [-0.2, 0) is 13.6 Å². The first-order valence-electron chi connectivity index (χ1n) is 7.12. The van der Waals surface area contributed by atoms with E-state index in [-0.39, 0.29) is 5.91 Å². The Balaban J connectivity index is 1.84. The van der Waals surface area contributed by atoms with E-state index in [2.05, 4.69) is 15.5 Å². The second-order valence-electron chi connectivity index (χ2n) is 5.22. The fraction of sp³-hybridized carbons (Fsp3) is 0.188. The number of aryl methyl sites for hydroxylation is 2. The highest BCUT2D eigenvalue weighted by atomic mass is 35.5. The Bertz CT molecular complexity index is 838. The van der Waals surface area contributed by atoms with Gasteiger partial charge in [0.05, 0.1) is 17.8 Å². The van der Waals surface area contributed by atoms with Crippen molar-refractivity contribution in [2.45, 2.75) is 13.5 Å². The predicted octanol–water partition coefficient (Wildman–Crippen LogP) is 2.88. The maximum Gasteiger partial charge on any atom is 0.261 e. The molecule has 1 N–H and O–H groups in total. The number of rotatable bonds is 4. The number of nitrogens with zero attached hydrogens (tertiary/aromatic N) is 4. The van der Waals surface area contributed by atoms with Crippen LogP contribution in [0.15, 0.2) is 42.6 Å². The van der Waals surface area contributed by atoms with Gasteiger partial charge in [-0.25, -0.2) is 4.68 Å². The van der Waals surface area contributed by atoms with Crippen molar-refractivity contribution in [2.24, 2.45) is 7.05 Å². The molecule has 0 aliphatic heterocycles. The van der Waals surface area contributed by atoms with Crippen LogP contribution in [0.3, 0.4) is 0 Å². The maximum absolute atomic E-state index is 12.4. The molecule has 0 saturated carbocycles. The van der Waals surface area contributed by atoms with Gasteiger partial charge < -0.3 is 5.32 Å². The second kappa shape index (κ2) is 6.26. The SMILES string of the molecule is Cc1nn(Cc2ccccc2)c(Cl)c1C(=O)Nc1ccn(C)n1. The molecule has 0 aliphatic carbocycles. The van der Waals surface area contributed by atoms with E-state index in [0.29, 0.717) is 28.8 Å². The molecule has 6 nitrogen and oxygen atoms in total. The molecule has 118 valence electrons. The average Bonchev–Trinajstić information content (AvgIpc) is 3.04. The summed E-state index contributed by atoms with van der Waals surface area (Å²) >= 11 is 6.36. The van der Waals surface area contributed by atoms with Crippen molar-refractivity contribution in [3.05, 3.63) is 64.6 Å². The summed E-state index contributed by atoms with van der Waals surface area (Å²) in [6.07, 6.45) is 1.75. The summed E-state index contributed by atoms with van der Waals surface area (Å²) in [5.41, 5.74) is 2.01. The van der Waals surface area contributed by atoms with E-state index in [1.54, 1.807) is 35.6 Å². The van der Waals surface area contributed by atoms with Gasteiger partial charge >= 0.3 is 0 Å². The fourth-order valence-corrected chi connectivity index (χ4v) is 2.65. The first-order valence-corrected chi connectivity index (χ1v) is 7.50. The number of anilines is 1. The standard InChI is InChI=1S/C16H16ClN5O/c1-11-14(16(23)18-13-8-9-21(2)20-13)15(17)22(19-11)10-12-6-4-3-5-7-12/h3-9H,10H2,1-2H3,(H,18,20,23). The summed E-state index contributed by atoms with van der Waals surface area (Å²) in [5, 5.41) is 11.5. The predicted molar refractivity (Wildman–Crippen MR) is 88.7 cm³/mol. The van der Waals surface area contributed by atoms with Crippen LogP contribution < -0.4 is 5.32 Å². The largest absolute Gasteiger partial charge is 0.305 e. The topological polar surface area (TPSA) is 64.7 Å². The number of carbonyl (C=O) groups is 1. The molecule has 1 aromatic carbocycles. The Morgan fingerprint density at radius 2 is 1.96 bits per heavy atom. The number of carbonyl (C=O) groups excluding carboxylic acids is 1. The Kier molecular flexibility index (Phi) is 4.16. The lowest BCUT2D eigenvalue weighted by Gasteiger charge is -2.04. The number of halogens is 1. The van der Waals surface area contributed by atoms with Crippen molar-refractivity contribution in [3.8, 4) is 0 Å². The minimum atomic E-state index is -0.314. The normalized spacial score (nSPS) is 10.7. The van der Waals surface area contributed by atoms with Crippen LogP contribution in [0.25, 0.3) is 0 Å². The average molecular weight is 330 g/mol. The van der Waals surface area contributed by atoms with Gasteiger partial charge in [0.25, 0.3) is 5.91 Å². The molecule has 0 bridgehead atoms. The van der Waals surface area contributed by atoms with Crippen molar-refractivity contribution in [1.82, 2.24) is 19.6 Å². The maximum atomic E-state index is 12.4. The monoisotopic (exact) mass is 329 g/mol. The summed E-state index contributed by atoms with van der Waals surface area (Å²) in [5.74, 6) is 0.161. The number of hydrogen-bond donors (Lipinski definition) is 1. The zero-order chi connectivity index (χ0) is 16.4. The number of nitrogens with one attached hydrogen (secondary N) is 1. The summed E-state index contributed by atoms with van der Waals surface area (Å²) in [6.45, 7) is 2.28. The lowest BCUT2D eigenvalue weighted by atomic mass is 10.2. The molecule has 0 aliphatic rings. The third kappa shape index (κ3) is 3.27. The van der Waals surface area contributed by atoms with Crippen LogP contribution in [0, 0.1) is 6.92 Å². The van der Waals surface area contributed by atoms with Gasteiger partial charge in [-0.05, 0) is 12.5 Å². The zero-order valence-corrected chi connectivity index (χ0v) is 13.6. The Hall–Kier alpha value is -2.60. The van der Waals surface area contributed by atoms with Crippen molar-refractivity contribution in [2.75, 3.05) is 5.32 Å². The van der Waals surface area contributed by atoms with Crippen LogP contribution in [0.5, 0.6) is 0 Å². The van der Waals surface area contributed by atoms with Crippen molar-refractivity contribution >= 4 is 23.3 Å². The van der Waals surface area contributed by atoms with E-state index in [1.807, 2.05) is 30.3 Å². The minimum absolute atomic E-state index is 0.314. The molecule has 7 heteroatoms. The summed E-state index contributed by atoms with van der Waals surface area (Å²) < 4.78 is 3.24. The molecule has 0 unspecified atom stereocenters. The summed E-state index contributed by atoms with van der Waals surface area (Å²) in [4.78, 5) is 12.4. The highest BCUT2D eigenvalue weighted by molar-refractivity contribution is 6.33. The van der Waals surface area contributed by atoms with Crippen LogP contribution >= 0.6 is 11.6 Å². The molecule has 1 amide bonds. The van der Waals surface area contributed by atoms with E-state index < -0.39 is 0 Å². The first-order chi connectivity index (χ1) is 11.0. The van der Waals surface area contributed by atoms with E-state index in [0.717, 1.165) is 5.56 Å². The molecular weight excluding hydrogens is 314 g/mol. The quantitative estimate of drug-likeness (QED) is 0.800. The third-order valence-corrected chi connectivity index (χ3v) is 3.81. The molecule has 2 aromatic heterocycles. The van der Waals surface area contributed by atoms with E-state index >= 15 is 0 Å². The third-order valence-electron chi connectivity index (χ3n) is 3.42.